The molecule has 1 rings (SSSR count). The molecule has 0 fully saturated rings. The number of nitrogens with zero attached hydrogens (tertiary/aromatic N) is 1. The Labute approximate surface area is 115 Å². The molecule has 0 N–H and O–H groups in total. The first-order valence-electron chi connectivity index (χ1n) is 5.71. The number of likely N-dealkylation sites (N-methyl/N-ethyl adjacent to an activating group) is 1. The molecule has 1 aromatic carbocycles. The van der Waals surface area contributed by atoms with Crippen LogP contribution < -0.4 is 0 Å². The zero-order valence-corrected chi connectivity index (χ0v) is 12.1. The zero-order valence-electron chi connectivity index (χ0n) is 10.5. The number of carbonyl (C=O) groups is 2. The van der Waals surface area contributed by atoms with Crippen molar-refractivity contribution in [3.63, 3.8) is 0 Å². The highest BCUT2D eigenvalue weighted by molar-refractivity contribution is 9.10. The molecule has 0 atom stereocenters. The van der Waals surface area contributed by atoms with Gasteiger partial charge in [0.05, 0.1) is 6.61 Å². The topological polar surface area (TPSA) is 46.6 Å². The second kappa shape index (κ2) is 7.16. The van der Waals surface area contributed by atoms with Crippen LogP contribution in [0.5, 0.6) is 0 Å². The summed E-state index contributed by atoms with van der Waals surface area (Å²) < 4.78 is 5.66. The van der Waals surface area contributed by atoms with E-state index in [4.69, 9.17) is 0 Å². The summed E-state index contributed by atoms with van der Waals surface area (Å²) in [7, 11) is 1.59. The number of carbonyl (C=O) groups excluding carboxylic acids is 2. The van der Waals surface area contributed by atoms with Gasteiger partial charge in [0, 0.05) is 18.1 Å². The van der Waals surface area contributed by atoms with Gasteiger partial charge in [-0.2, -0.15) is 0 Å². The quantitative estimate of drug-likeness (QED) is 0.631. The van der Waals surface area contributed by atoms with Crippen LogP contribution >= 0.6 is 15.9 Å². The van der Waals surface area contributed by atoms with Gasteiger partial charge in [0.1, 0.15) is 0 Å². The number of esters is 1. The minimum absolute atomic E-state index is 0.212. The summed E-state index contributed by atoms with van der Waals surface area (Å²) >= 11 is 3.39. The van der Waals surface area contributed by atoms with E-state index in [0.717, 1.165) is 10.0 Å². The maximum Gasteiger partial charge on any atom is 0.396 e. The largest absolute Gasteiger partial charge is 0.459 e. The zero-order chi connectivity index (χ0) is 13.5. The second-order valence-electron chi connectivity index (χ2n) is 3.83. The molecule has 0 aliphatic heterocycles. The van der Waals surface area contributed by atoms with E-state index in [9.17, 15) is 9.59 Å². The van der Waals surface area contributed by atoms with Crippen molar-refractivity contribution in [3.8, 4) is 0 Å². The van der Waals surface area contributed by atoms with Crippen LogP contribution in [-0.4, -0.2) is 37.0 Å². The third kappa shape index (κ3) is 4.49. The predicted molar refractivity (Wildman–Crippen MR) is 72.1 cm³/mol. The van der Waals surface area contributed by atoms with Crippen LogP contribution in [0.4, 0.5) is 0 Å². The molecule has 0 aliphatic carbocycles. The first-order valence-corrected chi connectivity index (χ1v) is 6.50. The number of hydrogen-bond acceptors (Lipinski definition) is 3. The Kier molecular flexibility index (Phi) is 5.85. The van der Waals surface area contributed by atoms with Crippen LogP contribution in [0.1, 0.15) is 12.5 Å². The van der Waals surface area contributed by atoms with Crippen molar-refractivity contribution in [2.24, 2.45) is 0 Å². The molecule has 0 aliphatic rings. The fourth-order valence-corrected chi connectivity index (χ4v) is 1.89. The van der Waals surface area contributed by atoms with Gasteiger partial charge < -0.3 is 9.64 Å². The molecular weight excluding hydrogens is 298 g/mol. The summed E-state index contributed by atoms with van der Waals surface area (Å²) in [6, 6.07) is 7.85. The predicted octanol–water partition coefficient (Wildman–Crippen LogP) is 2.01. The average Bonchev–Trinajstić information content (AvgIpc) is 2.35. The summed E-state index contributed by atoms with van der Waals surface area (Å²) in [6.45, 7) is 2.37. The van der Waals surface area contributed by atoms with Gasteiger partial charge >= 0.3 is 11.9 Å². The van der Waals surface area contributed by atoms with Gasteiger partial charge in [-0.3, -0.25) is 4.79 Å². The Balaban J connectivity index is 2.48. The lowest BCUT2D eigenvalue weighted by Crippen LogP contribution is -2.35. The molecule has 0 spiro atoms. The second-order valence-corrected chi connectivity index (χ2v) is 4.74. The van der Waals surface area contributed by atoms with Gasteiger partial charge in [-0.25, -0.2) is 4.79 Å². The Morgan fingerprint density at radius 1 is 1.39 bits per heavy atom. The van der Waals surface area contributed by atoms with Crippen LogP contribution in [0.15, 0.2) is 28.7 Å². The molecule has 4 nitrogen and oxygen atoms in total. The third-order valence-electron chi connectivity index (χ3n) is 2.42. The first kappa shape index (κ1) is 14.7. The number of amides is 1. The summed E-state index contributed by atoms with van der Waals surface area (Å²) in [5.74, 6) is -1.40. The maximum absolute atomic E-state index is 11.6. The van der Waals surface area contributed by atoms with Gasteiger partial charge in [-0.1, -0.05) is 28.1 Å². The summed E-state index contributed by atoms with van der Waals surface area (Å²) in [4.78, 5) is 24.2. The van der Waals surface area contributed by atoms with Crippen molar-refractivity contribution >= 4 is 27.8 Å². The van der Waals surface area contributed by atoms with Crippen molar-refractivity contribution in [3.05, 3.63) is 34.3 Å². The Bertz CT molecular complexity index is 434. The minimum Gasteiger partial charge on any atom is -0.459 e. The van der Waals surface area contributed by atoms with E-state index >= 15 is 0 Å². The molecule has 0 saturated carbocycles. The van der Waals surface area contributed by atoms with E-state index in [1.165, 1.54) is 4.90 Å². The molecule has 0 saturated heterocycles. The molecule has 0 bridgehead atoms. The number of ether oxygens (including phenoxy) is 1. The minimum atomic E-state index is -0.797. The van der Waals surface area contributed by atoms with E-state index in [0.29, 0.717) is 13.0 Å². The molecular formula is C13H16BrNO3. The standard InChI is InChI=1S/C13H16BrNO3/c1-3-18-13(17)12(16)15(2)8-7-10-5-4-6-11(14)9-10/h4-6,9H,3,7-8H2,1-2H3. The first-order chi connectivity index (χ1) is 8.54. The van der Waals surface area contributed by atoms with Crippen LogP contribution in [-0.2, 0) is 20.7 Å². The Morgan fingerprint density at radius 3 is 2.72 bits per heavy atom. The summed E-state index contributed by atoms with van der Waals surface area (Å²) in [5.41, 5.74) is 1.10. The van der Waals surface area contributed by atoms with Crippen LogP contribution in [0.3, 0.4) is 0 Å². The highest BCUT2D eigenvalue weighted by Crippen LogP contribution is 2.12. The number of rotatable bonds is 4. The molecule has 0 unspecified atom stereocenters. The SMILES string of the molecule is CCOC(=O)C(=O)N(C)CCc1cccc(Br)c1. The summed E-state index contributed by atoms with van der Waals surface area (Å²) in [6.07, 6.45) is 0.696. The number of benzene rings is 1. The molecule has 0 radical (unpaired) electrons. The van der Waals surface area contributed by atoms with E-state index in [2.05, 4.69) is 20.7 Å². The van der Waals surface area contributed by atoms with Gasteiger partial charge in [-0.05, 0) is 31.0 Å². The number of hydrogen-bond donors (Lipinski definition) is 0. The molecule has 0 aromatic heterocycles. The number of halogens is 1. The van der Waals surface area contributed by atoms with E-state index in [1.807, 2.05) is 24.3 Å². The van der Waals surface area contributed by atoms with Crippen molar-refractivity contribution in [2.45, 2.75) is 13.3 Å². The summed E-state index contributed by atoms with van der Waals surface area (Å²) in [5, 5.41) is 0. The average molecular weight is 314 g/mol. The van der Waals surface area contributed by atoms with E-state index < -0.39 is 11.9 Å². The highest BCUT2D eigenvalue weighted by atomic mass is 79.9. The molecule has 98 valence electrons. The third-order valence-corrected chi connectivity index (χ3v) is 2.91. The van der Waals surface area contributed by atoms with Crippen molar-refractivity contribution in [1.82, 2.24) is 4.90 Å². The monoisotopic (exact) mass is 313 g/mol. The lowest BCUT2D eigenvalue weighted by Gasteiger charge is -2.15. The fraction of sp³-hybridized carbons (Fsp3) is 0.385. The Morgan fingerprint density at radius 2 is 2.11 bits per heavy atom. The fourth-order valence-electron chi connectivity index (χ4n) is 1.44. The lowest BCUT2D eigenvalue weighted by atomic mass is 10.1. The van der Waals surface area contributed by atoms with Crippen molar-refractivity contribution in [1.29, 1.82) is 0 Å². The normalized spacial score (nSPS) is 9.94. The lowest BCUT2D eigenvalue weighted by molar-refractivity contribution is -0.159. The maximum atomic E-state index is 11.6. The van der Waals surface area contributed by atoms with Gasteiger partial charge in [0.25, 0.3) is 0 Å². The molecule has 5 heteroatoms. The van der Waals surface area contributed by atoms with Crippen LogP contribution in [0.25, 0.3) is 0 Å². The van der Waals surface area contributed by atoms with Crippen molar-refractivity contribution in [2.75, 3.05) is 20.2 Å². The van der Waals surface area contributed by atoms with Crippen molar-refractivity contribution < 1.29 is 14.3 Å². The molecule has 1 aromatic rings. The van der Waals surface area contributed by atoms with Crippen LogP contribution in [0.2, 0.25) is 0 Å². The molecule has 0 heterocycles. The van der Waals surface area contributed by atoms with E-state index in [-0.39, 0.29) is 6.61 Å². The molecule has 1 amide bonds. The highest BCUT2D eigenvalue weighted by Gasteiger charge is 2.19. The molecule has 18 heavy (non-hydrogen) atoms. The van der Waals surface area contributed by atoms with Crippen LogP contribution in [0, 0.1) is 0 Å². The van der Waals surface area contributed by atoms with Gasteiger partial charge in [0.15, 0.2) is 0 Å². The smallest absolute Gasteiger partial charge is 0.396 e. The van der Waals surface area contributed by atoms with Gasteiger partial charge in [-0.15, -0.1) is 0 Å². The Hall–Kier alpha value is -1.36. The van der Waals surface area contributed by atoms with E-state index in [1.54, 1.807) is 14.0 Å². The van der Waals surface area contributed by atoms with Gasteiger partial charge in [0.2, 0.25) is 0 Å².